The molecule has 2 N–H and O–H groups in total. The van der Waals surface area contributed by atoms with Crippen LogP contribution < -0.4 is 4.72 Å². The smallest absolute Gasteiger partial charge is 0.214 e. The fraction of sp³-hybridized carbons (Fsp3) is 0.588. The maximum absolute atomic E-state index is 12.2. The number of methoxy groups -OCH3 is 1. The second-order valence-corrected chi connectivity index (χ2v) is 8.97. The molecule has 0 unspecified atom stereocenters. The number of nitrogens with zero attached hydrogens (tertiary/aromatic N) is 4. The van der Waals surface area contributed by atoms with Gasteiger partial charge in [-0.25, -0.2) is 18.1 Å². The predicted molar refractivity (Wildman–Crippen MR) is 101 cm³/mol. The van der Waals surface area contributed by atoms with E-state index in [0.717, 1.165) is 29.8 Å². The minimum Gasteiger partial charge on any atom is -0.384 e. The lowest BCUT2D eigenvalue weighted by Gasteiger charge is -2.16. The Labute approximate surface area is 157 Å². The Balaban J connectivity index is 1.64. The molecule has 27 heavy (non-hydrogen) atoms. The van der Waals surface area contributed by atoms with Gasteiger partial charge in [-0.2, -0.15) is 0 Å². The van der Waals surface area contributed by atoms with E-state index >= 15 is 0 Å². The summed E-state index contributed by atoms with van der Waals surface area (Å²) in [6.45, 7) is 2.33. The molecule has 10 heteroatoms. The summed E-state index contributed by atoms with van der Waals surface area (Å²) >= 11 is 0. The third kappa shape index (κ3) is 3.44. The van der Waals surface area contributed by atoms with Crippen molar-refractivity contribution in [1.82, 2.24) is 29.3 Å². The molecule has 1 aliphatic rings. The molecule has 146 valence electrons. The van der Waals surface area contributed by atoms with Gasteiger partial charge in [-0.3, -0.25) is 4.40 Å². The first-order valence-electron chi connectivity index (χ1n) is 9.18. The fourth-order valence-electron chi connectivity index (χ4n) is 4.13. The second kappa shape index (κ2) is 7.17. The van der Waals surface area contributed by atoms with Crippen LogP contribution in [0.15, 0.2) is 18.5 Å². The molecule has 0 bridgehead atoms. The lowest BCUT2D eigenvalue weighted by molar-refractivity contribution is 0.216. The first-order chi connectivity index (χ1) is 13.0. The highest BCUT2D eigenvalue weighted by Gasteiger charge is 2.38. The van der Waals surface area contributed by atoms with Gasteiger partial charge in [0.1, 0.15) is 5.82 Å². The second-order valence-electron chi connectivity index (χ2n) is 7.09. The van der Waals surface area contributed by atoms with Gasteiger partial charge in [-0.15, -0.1) is 10.2 Å². The van der Waals surface area contributed by atoms with E-state index in [1.807, 2.05) is 16.7 Å². The van der Waals surface area contributed by atoms with Gasteiger partial charge in [-0.05, 0) is 24.8 Å². The number of hydrogen-bond acceptors (Lipinski definition) is 6. The minimum absolute atomic E-state index is 0.0229. The van der Waals surface area contributed by atoms with Gasteiger partial charge in [0.15, 0.2) is 11.3 Å². The highest BCUT2D eigenvalue weighted by molar-refractivity contribution is 7.89. The third-order valence-electron chi connectivity index (χ3n) is 5.42. The van der Waals surface area contributed by atoms with Crippen LogP contribution in [-0.2, 0) is 14.8 Å². The predicted octanol–water partition coefficient (Wildman–Crippen LogP) is 1.44. The zero-order valence-electron chi connectivity index (χ0n) is 15.4. The van der Waals surface area contributed by atoms with Gasteiger partial charge < -0.3 is 9.72 Å². The van der Waals surface area contributed by atoms with E-state index in [1.165, 1.54) is 7.11 Å². The van der Waals surface area contributed by atoms with E-state index in [0.29, 0.717) is 18.0 Å². The SMILES string of the molecule is CC[C@@H]1C[C@H](NS(=O)(=O)CCOC)C[C@@H]1c1nnc2cnc3[nH]ccc3n12. The van der Waals surface area contributed by atoms with Crippen molar-refractivity contribution in [2.24, 2.45) is 5.92 Å². The van der Waals surface area contributed by atoms with E-state index in [1.54, 1.807) is 6.20 Å². The van der Waals surface area contributed by atoms with Gasteiger partial charge >= 0.3 is 0 Å². The fourth-order valence-corrected chi connectivity index (χ4v) is 5.34. The number of hydrogen-bond donors (Lipinski definition) is 2. The van der Waals surface area contributed by atoms with Crippen LogP contribution >= 0.6 is 0 Å². The summed E-state index contributed by atoms with van der Waals surface area (Å²) in [5.41, 5.74) is 2.42. The Hall–Kier alpha value is -2.04. The highest BCUT2D eigenvalue weighted by atomic mass is 32.2. The molecule has 0 radical (unpaired) electrons. The van der Waals surface area contributed by atoms with Crippen LogP contribution in [0.3, 0.4) is 0 Å². The van der Waals surface area contributed by atoms with Crippen LogP contribution in [0.25, 0.3) is 16.8 Å². The van der Waals surface area contributed by atoms with Crippen LogP contribution in [0.4, 0.5) is 0 Å². The van der Waals surface area contributed by atoms with Gasteiger partial charge in [0, 0.05) is 25.3 Å². The van der Waals surface area contributed by atoms with E-state index in [9.17, 15) is 8.42 Å². The van der Waals surface area contributed by atoms with Gasteiger partial charge in [0.2, 0.25) is 10.0 Å². The van der Waals surface area contributed by atoms with Crippen molar-refractivity contribution >= 4 is 26.8 Å². The van der Waals surface area contributed by atoms with Crippen LogP contribution in [0, 0.1) is 5.92 Å². The van der Waals surface area contributed by atoms with Crippen molar-refractivity contribution in [2.75, 3.05) is 19.5 Å². The standard InChI is InChI=1S/C17H24N6O3S/c1-3-11-8-12(22-27(24,25)7-6-26-2)9-13(11)17-21-20-15-10-19-16-14(23(15)17)4-5-18-16/h4-5,10-13,18,22H,3,6-9H2,1-2H3/t11-,12+,13+/m1/s1. The number of rotatable bonds is 7. The molecule has 0 aromatic carbocycles. The number of fused-ring (bicyclic) bond motifs is 3. The summed E-state index contributed by atoms with van der Waals surface area (Å²) < 4.78 is 34.3. The minimum atomic E-state index is -3.35. The number of sulfonamides is 1. The summed E-state index contributed by atoms with van der Waals surface area (Å²) in [5.74, 6) is 1.34. The summed E-state index contributed by atoms with van der Waals surface area (Å²) in [6, 6.07) is 1.86. The van der Waals surface area contributed by atoms with Crippen LogP contribution in [0.5, 0.6) is 0 Å². The molecular formula is C17H24N6O3S. The number of aromatic amines is 1. The summed E-state index contributed by atoms with van der Waals surface area (Å²) in [4.78, 5) is 7.47. The van der Waals surface area contributed by atoms with E-state index in [2.05, 4.69) is 31.8 Å². The summed E-state index contributed by atoms with van der Waals surface area (Å²) in [6.07, 6.45) is 6.01. The average molecular weight is 392 g/mol. The zero-order valence-corrected chi connectivity index (χ0v) is 16.2. The van der Waals surface area contributed by atoms with Crippen LogP contribution in [0.1, 0.15) is 37.9 Å². The average Bonchev–Trinajstić information content (AvgIpc) is 3.35. The molecule has 3 aromatic rings. The Morgan fingerprint density at radius 1 is 1.37 bits per heavy atom. The Bertz CT molecular complexity index is 1040. The molecule has 0 aliphatic heterocycles. The maximum Gasteiger partial charge on any atom is 0.214 e. The van der Waals surface area contributed by atoms with Crippen molar-refractivity contribution < 1.29 is 13.2 Å². The molecule has 1 saturated carbocycles. The Kier molecular flexibility index (Phi) is 4.87. The largest absolute Gasteiger partial charge is 0.384 e. The number of aromatic nitrogens is 5. The molecule has 1 aliphatic carbocycles. The van der Waals surface area contributed by atoms with Crippen LogP contribution in [-0.4, -0.2) is 58.5 Å². The molecule has 0 spiro atoms. The molecule has 4 rings (SSSR count). The normalized spacial score (nSPS) is 23.6. The van der Waals surface area contributed by atoms with Crippen molar-refractivity contribution in [1.29, 1.82) is 0 Å². The van der Waals surface area contributed by atoms with Crippen molar-refractivity contribution in [3.63, 3.8) is 0 Å². The molecule has 0 saturated heterocycles. The summed E-state index contributed by atoms with van der Waals surface area (Å²) in [7, 11) is -1.85. The number of ether oxygens (including phenoxy) is 1. The first-order valence-corrected chi connectivity index (χ1v) is 10.8. The highest BCUT2D eigenvalue weighted by Crippen LogP contribution is 2.41. The lowest BCUT2D eigenvalue weighted by atomic mass is 9.93. The molecule has 0 amide bonds. The third-order valence-corrected chi connectivity index (χ3v) is 6.82. The molecule has 3 aromatic heterocycles. The zero-order chi connectivity index (χ0) is 19.0. The van der Waals surface area contributed by atoms with Gasteiger partial charge in [-0.1, -0.05) is 13.3 Å². The summed E-state index contributed by atoms with van der Waals surface area (Å²) in [5, 5.41) is 8.73. The topological polar surface area (TPSA) is 114 Å². The Morgan fingerprint density at radius 2 is 2.22 bits per heavy atom. The maximum atomic E-state index is 12.2. The molecular weight excluding hydrogens is 368 g/mol. The lowest BCUT2D eigenvalue weighted by Crippen LogP contribution is -2.36. The van der Waals surface area contributed by atoms with Gasteiger partial charge in [0.05, 0.1) is 24.1 Å². The number of nitrogens with one attached hydrogen (secondary N) is 2. The molecule has 1 fully saturated rings. The van der Waals surface area contributed by atoms with Crippen molar-refractivity contribution in [2.45, 2.75) is 38.1 Å². The van der Waals surface area contributed by atoms with Gasteiger partial charge in [0.25, 0.3) is 0 Å². The quantitative estimate of drug-likeness (QED) is 0.629. The number of H-pyrrole nitrogens is 1. The van der Waals surface area contributed by atoms with E-state index < -0.39 is 10.0 Å². The monoisotopic (exact) mass is 392 g/mol. The molecule has 9 nitrogen and oxygen atoms in total. The molecule has 3 heterocycles. The van der Waals surface area contributed by atoms with E-state index in [4.69, 9.17) is 4.74 Å². The molecule has 3 atom stereocenters. The van der Waals surface area contributed by atoms with Crippen LogP contribution in [0.2, 0.25) is 0 Å². The first kappa shape index (κ1) is 18.3. The Morgan fingerprint density at radius 3 is 3.00 bits per heavy atom. The van der Waals surface area contributed by atoms with Crippen molar-refractivity contribution in [3.05, 3.63) is 24.3 Å². The van der Waals surface area contributed by atoms with E-state index in [-0.39, 0.29) is 24.3 Å². The van der Waals surface area contributed by atoms with Crippen molar-refractivity contribution in [3.8, 4) is 0 Å².